The standard InChI is InChI=1S/C15H17N3O2/c1-4-11-5-7-12(8-6-11)18(3)15-16-9-13(14(19)20)10(2)17-15/h5-9H,4H2,1-3H3,(H,19,20). The SMILES string of the molecule is CCc1ccc(N(C)c2ncc(C(=O)O)c(C)n2)cc1. The number of carboxylic acid groups (broad SMARTS) is 1. The molecule has 0 aliphatic heterocycles. The van der Waals surface area contributed by atoms with Gasteiger partial charge < -0.3 is 10.0 Å². The maximum Gasteiger partial charge on any atom is 0.339 e. The number of carbonyl (C=O) groups is 1. The van der Waals surface area contributed by atoms with Gasteiger partial charge in [-0.25, -0.2) is 14.8 Å². The molecule has 1 heterocycles. The first-order valence-corrected chi connectivity index (χ1v) is 6.42. The lowest BCUT2D eigenvalue weighted by Crippen LogP contribution is -2.15. The third-order valence-corrected chi connectivity index (χ3v) is 3.23. The molecular formula is C15H17N3O2. The maximum atomic E-state index is 10.9. The Balaban J connectivity index is 2.30. The molecule has 1 aromatic carbocycles. The molecule has 0 spiro atoms. The number of hydrogen-bond acceptors (Lipinski definition) is 4. The minimum Gasteiger partial charge on any atom is -0.478 e. The van der Waals surface area contributed by atoms with Crippen molar-refractivity contribution in [1.29, 1.82) is 0 Å². The smallest absolute Gasteiger partial charge is 0.339 e. The van der Waals surface area contributed by atoms with Crippen molar-refractivity contribution in [3.05, 3.63) is 47.3 Å². The average molecular weight is 271 g/mol. The minimum absolute atomic E-state index is 0.128. The van der Waals surface area contributed by atoms with E-state index in [9.17, 15) is 4.79 Å². The number of hydrogen-bond donors (Lipinski definition) is 1. The van der Waals surface area contributed by atoms with Crippen LogP contribution in [0.1, 0.15) is 28.5 Å². The van der Waals surface area contributed by atoms with Crippen molar-refractivity contribution in [2.24, 2.45) is 0 Å². The molecule has 104 valence electrons. The second-order valence-corrected chi connectivity index (χ2v) is 4.55. The highest BCUT2D eigenvalue weighted by Crippen LogP contribution is 2.21. The predicted molar refractivity (Wildman–Crippen MR) is 77.6 cm³/mol. The molecule has 5 nitrogen and oxygen atoms in total. The van der Waals surface area contributed by atoms with Gasteiger partial charge in [-0.3, -0.25) is 0 Å². The van der Waals surface area contributed by atoms with Crippen molar-refractivity contribution < 1.29 is 9.90 Å². The van der Waals surface area contributed by atoms with Crippen molar-refractivity contribution in [3.8, 4) is 0 Å². The number of anilines is 2. The van der Waals surface area contributed by atoms with Crippen LogP contribution in [0.15, 0.2) is 30.5 Å². The average Bonchev–Trinajstić information content (AvgIpc) is 2.46. The van der Waals surface area contributed by atoms with E-state index in [-0.39, 0.29) is 5.56 Å². The minimum atomic E-state index is -1.01. The summed E-state index contributed by atoms with van der Waals surface area (Å²) in [4.78, 5) is 21.1. The molecule has 0 aliphatic carbocycles. The lowest BCUT2D eigenvalue weighted by Gasteiger charge is -2.18. The summed E-state index contributed by atoms with van der Waals surface area (Å²) in [6.45, 7) is 3.78. The van der Waals surface area contributed by atoms with Gasteiger partial charge in [0, 0.05) is 18.9 Å². The number of rotatable bonds is 4. The Morgan fingerprint density at radius 2 is 1.95 bits per heavy atom. The van der Waals surface area contributed by atoms with Crippen LogP contribution >= 0.6 is 0 Å². The largest absolute Gasteiger partial charge is 0.478 e. The second kappa shape index (κ2) is 5.69. The number of nitrogens with zero attached hydrogens (tertiary/aromatic N) is 3. The quantitative estimate of drug-likeness (QED) is 0.926. The first-order valence-electron chi connectivity index (χ1n) is 6.42. The molecule has 5 heteroatoms. The molecule has 1 aromatic heterocycles. The van der Waals surface area contributed by atoms with Crippen LogP contribution in [-0.2, 0) is 6.42 Å². The monoisotopic (exact) mass is 271 g/mol. The van der Waals surface area contributed by atoms with E-state index < -0.39 is 5.97 Å². The highest BCUT2D eigenvalue weighted by atomic mass is 16.4. The molecule has 0 amide bonds. The highest BCUT2D eigenvalue weighted by molar-refractivity contribution is 5.88. The molecule has 2 rings (SSSR count). The molecule has 0 aliphatic rings. The number of aromatic carboxylic acids is 1. The topological polar surface area (TPSA) is 66.3 Å². The normalized spacial score (nSPS) is 10.3. The third kappa shape index (κ3) is 2.77. The van der Waals surface area contributed by atoms with Crippen molar-refractivity contribution in [2.45, 2.75) is 20.3 Å². The molecule has 0 radical (unpaired) electrons. The first-order chi connectivity index (χ1) is 9.52. The van der Waals surface area contributed by atoms with Gasteiger partial charge in [0.05, 0.1) is 11.3 Å². The van der Waals surface area contributed by atoms with Crippen LogP contribution in [0.4, 0.5) is 11.6 Å². The van der Waals surface area contributed by atoms with E-state index in [0.29, 0.717) is 11.6 Å². The highest BCUT2D eigenvalue weighted by Gasteiger charge is 2.13. The van der Waals surface area contributed by atoms with E-state index >= 15 is 0 Å². The lowest BCUT2D eigenvalue weighted by molar-refractivity contribution is 0.0695. The maximum absolute atomic E-state index is 10.9. The van der Waals surface area contributed by atoms with E-state index in [1.807, 2.05) is 24.1 Å². The van der Waals surface area contributed by atoms with Crippen LogP contribution in [0.2, 0.25) is 0 Å². The van der Waals surface area contributed by atoms with Gasteiger partial charge in [-0.15, -0.1) is 0 Å². The third-order valence-electron chi connectivity index (χ3n) is 3.23. The zero-order valence-electron chi connectivity index (χ0n) is 11.8. The summed E-state index contributed by atoms with van der Waals surface area (Å²) in [6.07, 6.45) is 2.34. The molecule has 1 N–H and O–H groups in total. The second-order valence-electron chi connectivity index (χ2n) is 4.55. The summed E-state index contributed by atoms with van der Waals surface area (Å²) in [6, 6.07) is 8.12. The molecular weight excluding hydrogens is 254 g/mol. The van der Waals surface area contributed by atoms with Gasteiger partial charge in [0.25, 0.3) is 0 Å². The van der Waals surface area contributed by atoms with E-state index in [1.54, 1.807) is 6.92 Å². The van der Waals surface area contributed by atoms with Crippen LogP contribution < -0.4 is 4.90 Å². The summed E-state index contributed by atoms with van der Waals surface area (Å²) in [5, 5.41) is 8.98. The van der Waals surface area contributed by atoms with E-state index in [2.05, 4.69) is 29.0 Å². The van der Waals surface area contributed by atoms with E-state index in [4.69, 9.17) is 5.11 Å². The summed E-state index contributed by atoms with van der Waals surface area (Å²) in [5.41, 5.74) is 2.81. The Hall–Kier alpha value is -2.43. The summed E-state index contributed by atoms with van der Waals surface area (Å²) in [5.74, 6) is -0.527. The zero-order chi connectivity index (χ0) is 14.7. The van der Waals surface area contributed by atoms with Crippen LogP contribution in [0.3, 0.4) is 0 Å². The number of carboxylic acids is 1. The predicted octanol–water partition coefficient (Wildman–Crippen LogP) is 2.81. The molecule has 0 unspecified atom stereocenters. The van der Waals surface area contributed by atoms with Crippen LogP contribution in [-0.4, -0.2) is 28.1 Å². The summed E-state index contributed by atoms with van der Waals surface area (Å²) in [7, 11) is 1.86. The van der Waals surface area contributed by atoms with Gasteiger partial charge in [-0.1, -0.05) is 19.1 Å². The van der Waals surface area contributed by atoms with Crippen LogP contribution in [0.25, 0.3) is 0 Å². The fourth-order valence-corrected chi connectivity index (χ4v) is 1.90. The number of benzene rings is 1. The summed E-state index contributed by atoms with van der Waals surface area (Å²) >= 11 is 0. The Bertz CT molecular complexity index is 624. The zero-order valence-corrected chi connectivity index (χ0v) is 11.8. The van der Waals surface area contributed by atoms with Gasteiger partial charge >= 0.3 is 5.97 Å². The summed E-state index contributed by atoms with van der Waals surface area (Å²) < 4.78 is 0. The molecule has 0 atom stereocenters. The van der Waals surface area contributed by atoms with Gasteiger partial charge in [0.15, 0.2) is 0 Å². The Labute approximate surface area is 117 Å². The molecule has 2 aromatic rings. The number of aryl methyl sites for hydroxylation is 2. The molecule has 0 saturated carbocycles. The molecule has 0 saturated heterocycles. The van der Waals surface area contributed by atoms with Crippen molar-refractivity contribution >= 4 is 17.6 Å². The van der Waals surface area contributed by atoms with Gasteiger partial charge in [-0.2, -0.15) is 0 Å². The Morgan fingerprint density at radius 3 is 2.45 bits per heavy atom. The Kier molecular flexibility index (Phi) is 3.98. The van der Waals surface area contributed by atoms with Gasteiger partial charge in [0.2, 0.25) is 5.95 Å². The molecule has 0 bridgehead atoms. The Morgan fingerprint density at radius 1 is 1.30 bits per heavy atom. The van der Waals surface area contributed by atoms with Crippen LogP contribution in [0, 0.1) is 6.92 Å². The van der Waals surface area contributed by atoms with Crippen molar-refractivity contribution in [1.82, 2.24) is 9.97 Å². The fourth-order valence-electron chi connectivity index (χ4n) is 1.90. The van der Waals surface area contributed by atoms with Gasteiger partial charge in [-0.05, 0) is 31.0 Å². The molecule has 20 heavy (non-hydrogen) atoms. The van der Waals surface area contributed by atoms with Crippen molar-refractivity contribution in [2.75, 3.05) is 11.9 Å². The van der Waals surface area contributed by atoms with E-state index in [0.717, 1.165) is 12.1 Å². The van der Waals surface area contributed by atoms with Crippen molar-refractivity contribution in [3.63, 3.8) is 0 Å². The fraction of sp³-hybridized carbons (Fsp3) is 0.267. The number of aromatic nitrogens is 2. The molecule has 0 fully saturated rings. The van der Waals surface area contributed by atoms with E-state index in [1.165, 1.54) is 11.8 Å². The van der Waals surface area contributed by atoms with Crippen LogP contribution in [0.5, 0.6) is 0 Å². The first kappa shape index (κ1) is 14.0. The van der Waals surface area contributed by atoms with Gasteiger partial charge in [0.1, 0.15) is 0 Å². The lowest BCUT2D eigenvalue weighted by atomic mass is 10.1.